The summed E-state index contributed by atoms with van der Waals surface area (Å²) in [5, 5.41) is 10.2. The first-order valence-corrected chi connectivity index (χ1v) is 10.1. The second kappa shape index (κ2) is 12.0. The summed E-state index contributed by atoms with van der Waals surface area (Å²) in [6.07, 6.45) is -1.54. The Morgan fingerprint density at radius 3 is 2.36 bits per heavy atom. The molecule has 0 radical (unpaired) electrons. The Bertz CT molecular complexity index is 975. The van der Waals surface area contributed by atoms with E-state index in [0.717, 1.165) is 19.3 Å². The van der Waals surface area contributed by atoms with Gasteiger partial charge in [-0.25, -0.2) is 9.18 Å². The van der Waals surface area contributed by atoms with Crippen LogP contribution in [0.3, 0.4) is 0 Å². The lowest BCUT2D eigenvalue weighted by Gasteiger charge is -2.26. The summed E-state index contributed by atoms with van der Waals surface area (Å²) >= 11 is 0. The molecular formula is C23H24F4N2O4. The number of ether oxygens (including phenoxy) is 1. The number of rotatable bonds is 6. The van der Waals surface area contributed by atoms with E-state index >= 15 is 0 Å². The number of hydrogen-bond donors (Lipinski definition) is 3. The first-order chi connectivity index (χ1) is 15.7. The molecule has 6 nitrogen and oxygen atoms in total. The van der Waals surface area contributed by atoms with Crippen LogP contribution in [-0.2, 0) is 11.2 Å². The van der Waals surface area contributed by atoms with E-state index in [-0.39, 0.29) is 25.1 Å². The van der Waals surface area contributed by atoms with Crippen molar-refractivity contribution in [3.63, 3.8) is 0 Å². The molecule has 2 aromatic carbocycles. The Morgan fingerprint density at radius 1 is 1.15 bits per heavy atom. The zero-order valence-electron chi connectivity index (χ0n) is 17.6. The van der Waals surface area contributed by atoms with E-state index in [2.05, 4.69) is 17.4 Å². The van der Waals surface area contributed by atoms with Crippen LogP contribution in [0.4, 0.5) is 17.6 Å². The highest BCUT2D eigenvalue weighted by Crippen LogP contribution is 2.29. The molecular weight excluding hydrogens is 444 g/mol. The normalized spacial score (nSPS) is 15.5. The molecule has 1 aliphatic carbocycles. The molecule has 33 heavy (non-hydrogen) atoms. The Kier molecular flexibility index (Phi) is 9.41. The second-order valence-electron chi connectivity index (χ2n) is 7.20. The number of carbonyl (C=O) groups is 2. The van der Waals surface area contributed by atoms with Gasteiger partial charge in [0.15, 0.2) is 0 Å². The molecule has 0 aromatic heterocycles. The van der Waals surface area contributed by atoms with Gasteiger partial charge in [-0.3, -0.25) is 4.79 Å². The Morgan fingerprint density at radius 2 is 1.79 bits per heavy atom. The first-order valence-electron chi connectivity index (χ1n) is 10.1. The standard InChI is InChI=1S/C21H23FN2O2.C2HF3O2/c22-12-15(13-23)14-26-18-10-8-17(9-11-18)21(25)24-20-7-3-5-16-4-1-2-6-19(16)20;3-2(4,5)1(6)7/h1-2,4,6,8-12,20H,3,5,7,13-14,23H2,(H,24,25);(H,6,7)/t20-;/m0./s1. The lowest BCUT2D eigenvalue weighted by Crippen LogP contribution is -2.30. The van der Waals surface area contributed by atoms with Crippen LogP contribution in [0, 0.1) is 0 Å². The average Bonchev–Trinajstić information content (AvgIpc) is 2.80. The number of carboxylic acid groups (broad SMARTS) is 1. The maximum Gasteiger partial charge on any atom is 0.490 e. The number of fused-ring (bicyclic) bond motifs is 1. The molecule has 1 amide bonds. The van der Waals surface area contributed by atoms with Crippen LogP contribution in [0.15, 0.2) is 60.4 Å². The Hall–Kier alpha value is -3.40. The van der Waals surface area contributed by atoms with Gasteiger partial charge in [-0.05, 0) is 54.7 Å². The van der Waals surface area contributed by atoms with E-state index in [1.54, 1.807) is 24.3 Å². The molecule has 178 valence electrons. The van der Waals surface area contributed by atoms with Crippen molar-refractivity contribution in [3.05, 3.63) is 77.1 Å². The van der Waals surface area contributed by atoms with E-state index in [9.17, 15) is 22.4 Å². The number of benzene rings is 2. The summed E-state index contributed by atoms with van der Waals surface area (Å²) in [7, 11) is 0. The van der Waals surface area contributed by atoms with Crippen LogP contribution in [0.1, 0.15) is 40.4 Å². The molecule has 2 aromatic rings. The number of aryl methyl sites for hydroxylation is 1. The van der Waals surface area contributed by atoms with Gasteiger partial charge >= 0.3 is 12.1 Å². The van der Waals surface area contributed by atoms with Gasteiger partial charge in [0.05, 0.1) is 12.4 Å². The van der Waals surface area contributed by atoms with E-state index in [1.165, 1.54) is 11.1 Å². The second-order valence-corrected chi connectivity index (χ2v) is 7.20. The largest absolute Gasteiger partial charge is 0.490 e. The van der Waals surface area contributed by atoms with Gasteiger partial charge in [0.25, 0.3) is 5.91 Å². The van der Waals surface area contributed by atoms with Gasteiger partial charge in [-0.15, -0.1) is 0 Å². The van der Waals surface area contributed by atoms with Gasteiger partial charge in [0, 0.05) is 17.7 Å². The SMILES string of the molecule is NCC(=CF)COc1ccc(C(=O)N[C@H]2CCCc3ccccc32)cc1.O=C(O)C(F)(F)F. The minimum absolute atomic E-state index is 0.0465. The zero-order valence-corrected chi connectivity index (χ0v) is 17.6. The van der Waals surface area contributed by atoms with Crippen molar-refractivity contribution in [2.75, 3.05) is 13.2 Å². The summed E-state index contributed by atoms with van der Waals surface area (Å²) < 4.78 is 49.7. The number of amides is 1. The smallest absolute Gasteiger partial charge is 0.489 e. The van der Waals surface area contributed by atoms with Crippen LogP contribution in [0.25, 0.3) is 0 Å². The number of alkyl halides is 3. The molecule has 0 fully saturated rings. The van der Waals surface area contributed by atoms with Crippen molar-refractivity contribution in [2.24, 2.45) is 5.73 Å². The van der Waals surface area contributed by atoms with Crippen LogP contribution in [0.2, 0.25) is 0 Å². The van der Waals surface area contributed by atoms with Crippen molar-refractivity contribution in [1.82, 2.24) is 5.32 Å². The van der Waals surface area contributed by atoms with Crippen molar-refractivity contribution in [1.29, 1.82) is 0 Å². The summed E-state index contributed by atoms with van der Waals surface area (Å²) in [6, 6.07) is 15.1. The van der Waals surface area contributed by atoms with Gasteiger partial charge in [0.2, 0.25) is 0 Å². The predicted molar refractivity (Wildman–Crippen MR) is 113 cm³/mol. The summed E-state index contributed by atoms with van der Waals surface area (Å²) in [4.78, 5) is 21.5. The predicted octanol–water partition coefficient (Wildman–Crippen LogP) is 4.32. The molecule has 1 atom stereocenters. The molecule has 0 bridgehead atoms. The Balaban J connectivity index is 0.000000479. The molecule has 0 saturated heterocycles. The number of hydrogen-bond acceptors (Lipinski definition) is 4. The zero-order chi connectivity index (χ0) is 24.4. The minimum Gasteiger partial charge on any atom is -0.489 e. The Labute approximate surface area is 188 Å². The van der Waals surface area contributed by atoms with Crippen molar-refractivity contribution in [3.8, 4) is 5.75 Å². The molecule has 0 heterocycles. The maximum absolute atomic E-state index is 12.6. The van der Waals surface area contributed by atoms with Crippen LogP contribution in [-0.4, -0.2) is 36.3 Å². The monoisotopic (exact) mass is 468 g/mol. The minimum atomic E-state index is -5.08. The number of nitrogens with one attached hydrogen (secondary N) is 1. The number of carboxylic acids is 1. The summed E-state index contributed by atoms with van der Waals surface area (Å²) in [5.74, 6) is -2.30. The summed E-state index contributed by atoms with van der Waals surface area (Å²) in [5.41, 5.74) is 8.86. The third-order valence-electron chi connectivity index (χ3n) is 4.87. The summed E-state index contributed by atoms with van der Waals surface area (Å²) in [6.45, 7) is 0.206. The molecule has 1 aliphatic rings. The van der Waals surface area contributed by atoms with Gasteiger partial charge < -0.3 is 20.9 Å². The molecule has 0 unspecified atom stereocenters. The fraction of sp³-hybridized carbons (Fsp3) is 0.304. The van der Waals surface area contributed by atoms with E-state index in [0.29, 0.717) is 23.2 Å². The van der Waals surface area contributed by atoms with E-state index in [1.807, 2.05) is 12.1 Å². The highest BCUT2D eigenvalue weighted by atomic mass is 19.4. The molecule has 0 spiro atoms. The van der Waals surface area contributed by atoms with E-state index in [4.69, 9.17) is 20.4 Å². The third-order valence-corrected chi connectivity index (χ3v) is 4.87. The first kappa shape index (κ1) is 25.9. The average molecular weight is 468 g/mol. The lowest BCUT2D eigenvalue weighted by molar-refractivity contribution is -0.192. The number of aliphatic carboxylic acids is 1. The molecule has 3 rings (SSSR count). The van der Waals surface area contributed by atoms with Crippen LogP contribution in [0.5, 0.6) is 5.75 Å². The highest BCUT2D eigenvalue weighted by molar-refractivity contribution is 5.94. The number of nitrogens with two attached hydrogens (primary N) is 1. The highest BCUT2D eigenvalue weighted by Gasteiger charge is 2.38. The fourth-order valence-electron chi connectivity index (χ4n) is 3.16. The molecule has 0 aliphatic heterocycles. The molecule has 0 saturated carbocycles. The van der Waals surface area contributed by atoms with Gasteiger partial charge in [-0.2, -0.15) is 13.2 Å². The molecule has 4 N–H and O–H groups in total. The quantitative estimate of drug-likeness (QED) is 0.548. The van der Waals surface area contributed by atoms with Gasteiger partial charge in [0.1, 0.15) is 12.4 Å². The maximum atomic E-state index is 12.6. The van der Waals surface area contributed by atoms with Gasteiger partial charge in [-0.1, -0.05) is 24.3 Å². The number of carbonyl (C=O) groups excluding carboxylic acids is 1. The van der Waals surface area contributed by atoms with Crippen LogP contribution < -0.4 is 15.8 Å². The van der Waals surface area contributed by atoms with E-state index < -0.39 is 12.1 Å². The molecule has 10 heteroatoms. The van der Waals surface area contributed by atoms with Crippen molar-refractivity contribution < 1.29 is 37.0 Å². The fourth-order valence-corrected chi connectivity index (χ4v) is 3.16. The van der Waals surface area contributed by atoms with Crippen molar-refractivity contribution in [2.45, 2.75) is 31.5 Å². The topological polar surface area (TPSA) is 102 Å². The van der Waals surface area contributed by atoms with Crippen molar-refractivity contribution >= 4 is 11.9 Å². The third kappa shape index (κ3) is 7.90. The lowest BCUT2D eigenvalue weighted by atomic mass is 9.87. The van der Waals surface area contributed by atoms with Crippen LogP contribution >= 0.6 is 0 Å². The number of halogens is 4.